The quantitative estimate of drug-likeness (QED) is 0.630. The molecule has 0 saturated heterocycles. The molecule has 0 spiro atoms. The van der Waals surface area contributed by atoms with Gasteiger partial charge in [-0.1, -0.05) is 0 Å². The SMILES string of the molecule is CCOc1ccc(S(=O)(=O)NN=Cc2ccc(O)cc2)cc1. The number of ether oxygens (including phenoxy) is 1. The molecule has 0 radical (unpaired) electrons. The summed E-state index contributed by atoms with van der Waals surface area (Å²) in [6.07, 6.45) is 1.35. The first-order valence-corrected chi connectivity index (χ1v) is 8.06. The molecule has 2 aromatic carbocycles. The molecule has 22 heavy (non-hydrogen) atoms. The van der Waals surface area contributed by atoms with Crippen LogP contribution in [0.15, 0.2) is 58.5 Å². The van der Waals surface area contributed by atoms with Gasteiger partial charge in [0.2, 0.25) is 0 Å². The number of nitrogens with zero attached hydrogens (tertiary/aromatic N) is 1. The summed E-state index contributed by atoms with van der Waals surface area (Å²) in [5.41, 5.74) is 0.659. The molecule has 0 unspecified atom stereocenters. The Morgan fingerprint density at radius 3 is 2.36 bits per heavy atom. The Morgan fingerprint density at radius 2 is 1.77 bits per heavy atom. The first-order valence-electron chi connectivity index (χ1n) is 6.58. The summed E-state index contributed by atoms with van der Waals surface area (Å²) >= 11 is 0. The number of sulfonamides is 1. The lowest BCUT2D eigenvalue weighted by molar-refractivity contribution is 0.340. The fraction of sp³-hybridized carbons (Fsp3) is 0.133. The Balaban J connectivity index is 2.05. The first-order chi connectivity index (χ1) is 10.5. The van der Waals surface area contributed by atoms with Gasteiger partial charge in [-0.25, -0.2) is 4.83 Å². The molecule has 0 aliphatic heterocycles. The summed E-state index contributed by atoms with van der Waals surface area (Å²) < 4.78 is 29.3. The lowest BCUT2D eigenvalue weighted by atomic mass is 10.2. The Hall–Kier alpha value is -2.54. The predicted molar refractivity (Wildman–Crippen MR) is 83.6 cm³/mol. The summed E-state index contributed by atoms with van der Waals surface area (Å²) in [7, 11) is -3.72. The summed E-state index contributed by atoms with van der Waals surface area (Å²) in [6, 6.07) is 12.3. The number of phenolic OH excluding ortho intramolecular Hbond substituents is 1. The highest BCUT2D eigenvalue weighted by Crippen LogP contribution is 2.15. The van der Waals surface area contributed by atoms with Gasteiger partial charge >= 0.3 is 0 Å². The van der Waals surface area contributed by atoms with Crippen LogP contribution >= 0.6 is 0 Å². The van der Waals surface area contributed by atoms with Crippen LogP contribution in [0.3, 0.4) is 0 Å². The maximum absolute atomic E-state index is 12.0. The minimum absolute atomic E-state index is 0.0961. The predicted octanol–water partition coefficient (Wildman–Crippen LogP) is 2.10. The summed E-state index contributed by atoms with van der Waals surface area (Å²) in [5.74, 6) is 0.737. The van der Waals surface area contributed by atoms with E-state index in [2.05, 4.69) is 9.93 Å². The lowest BCUT2D eigenvalue weighted by Gasteiger charge is -2.05. The molecule has 0 bridgehead atoms. The van der Waals surface area contributed by atoms with Crippen molar-refractivity contribution in [1.29, 1.82) is 0 Å². The topological polar surface area (TPSA) is 88.0 Å². The fourth-order valence-electron chi connectivity index (χ4n) is 1.67. The largest absolute Gasteiger partial charge is 0.508 e. The van der Waals surface area contributed by atoms with E-state index in [0.717, 1.165) is 0 Å². The van der Waals surface area contributed by atoms with E-state index in [-0.39, 0.29) is 10.6 Å². The van der Waals surface area contributed by atoms with Gasteiger partial charge in [-0.15, -0.1) is 0 Å². The van der Waals surface area contributed by atoms with Gasteiger partial charge in [-0.05, 0) is 61.0 Å². The van der Waals surface area contributed by atoms with E-state index in [4.69, 9.17) is 9.84 Å². The van der Waals surface area contributed by atoms with Crippen molar-refractivity contribution in [3.63, 3.8) is 0 Å². The molecule has 7 heteroatoms. The number of rotatable bonds is 6. The van der Waals surface area contributed by atoms with Crippen LogP contribution in [0.25, 0.3) is 0 Å². The smallest absolute Gasteiger partial charge is 0.276 e. The molecule has 0 saturated carbocycles. The number of benzene rings is 2. The molecule has 2 N–H and O–H groups in total. The number of aromatic hydroxyl groups is 1. The molecule has 116 valence electrons. The average Bonchev–Trinajstić information content (AvgIpc) is 2.50. The van der Waals surface area contributed by atoms with E-state index in [1.54, 1.807) is 24.3 Å². The normalized spacial score (nSPS) is 11.5. The molecule has 0 heterocycles. The van der Waals surface area contributed by atoms with Gasteiger partial charge in [-0.3, -0.25) is 0 Å². The van der Waals surface area contributed by atoms with Crippen LogP contribution in [-0.4, -0.2) is 26.3 Å². The minimum Gasteiger partial charge on any atom is -0.508 e. The van der Waals surface area contributed by atoms with Crippen molar-refractivity contribution in [2.45, 2.75) is 11.8 Å². The summed E-state index contributed by atoms with van der Waals surface area (Å²) in [5, 5.41) is 12.9. The molecule has 0 atom stereocenters. The van der Waals surface area contributed by atoms with E-state index in [9.17, 15) is 8.42 Å². The highest BCUT2D eigenvalue weighted by molar-refractivity contribution is 7.89. The van der Waals surface area contributed by atoms with Crippen molar-refractivity contribution in [2.24, 2.45) is 5.10 Å². The van der Waals surface area contributed by atoms with Gasteiger partial charge in [0.1, 0.15) is 11.5 Å². The zero-order chi connectivity index (χ0) is 16.0. The highest BCUT2D eigenvalue weighted by Gasteiger charge is 2.12. The van der Waals surface area contributed by atoms with Crippen LogP contribution in [-0.2, 0) is 10.0 Å². The van der Waals surface area contributed by atoms with Crippen LogP contribution in [0.1, 0.15) is 12.5 Å². The Bertz CT molecular complexity index is 738. The second-order valence-corrected chi connectivity index (χ2v) is 6.01. The highest BCUT2D eigenvalue weighted by atomic mass is 32.2. The number of hydrogen-bond acceptors (Lipinski definition) is 5. The third kappa shape index (κ3) is 4.23. The van der Waals surface area contributed by atoms with Crippen molar-refractivity contribution in [2.75, 3.05) is 6.61 Å². The first kappa shape index (κ1) is 15.8. The van der Waals surface area contributed by atoms with Crippen LogP contribution in [0.5, 0.6) is 11.5 Å². The lowest BCUT2D eigenvalue weighted by Crippen LogP contribution is -2.18. The van der Waals surface area contributed by atoms with Gasteiger partial charge in [0.25, 0.3) is 10.0 Å². The van der Waals surface area contributed by atoms with Crippen molar-refractivity contribution in [1.82, 2.24) is 4.83 Å². The van der Waals surface area contributed by atoms with E-state index in [0.29, 0.717) is 17.9 Å². The average molecular weight is 320 g/mol. The maximum atomic E-state index is 12.0. The van der Waals surface area contributed by atoms with E-state index < -0.39 is 10.0 Å². The van der Waals surface area contributed by atoms with Crippen molar-refractivity contribution >= 4 is 16.2 Å². The summed E-state index contributed by atoms with van der Waals surface area (Å²) in [6.45, 7) is 2.37. The molecule has 0 fully saturated rings. The van der Waals surface area contributed by atoms with Gasteiger partial charge < -0.3 is 9.84 Å². The Kier molecular flexibility index (Phi) is 5.00. The molecule has 0 aliphatic rings. The van der Waals surface area contributed by atoms with Crippen molar-refractivity contribution < 1.29 is 18.3 Å². The summed E-state index contributed by atoms with van der Waals surface area (Å²) in [4.78, 5) is 2.22. The second-order valence-electron chi connectivity index (χ2n) is 4.35. The zero-order valence-electron chi connectivity index (χ0n) is 11.9. The molecule has 2 aromatic rings. The fourth-order valence-corrected chi connectivity index (χ4v) is 2.46. The van der Waals surface area contributed by atoms with E-state index >= 15 is 0 Å². The molecule has 0 aliphatic carbocycles. The van der Waals surface area contributed by atoms with Gasteiger partial charge in [0.15, 0.2) is 0 Å². The van der Waals surface area contributed by atoms with E-state index in [1.807, 2.05) is 6.92 Å². The Morgan fingerprint density at radius 1 is 1.14 bits per heavy atom. The van der Waals surface area contributed by atoms with Crippen LogP contribution < -0.4 is 9.57 Å². The van der Waals surface area contributed by atoms with Crippen LogP contribution in [0.2, 0.25) is 0 Å². The molecule has 0 amide bonds. The minimum atomic E-state index is -3.72. The van der Waals surface area contributed by atoms with Crippen molar-refractivity contribution in [3.05, 3.63) is 54.1 Å². The zero-order valence-corrected chi connectivity index (χ0v) is 12.7. The third-order valence-corrected chi connectivity index (χ3v) is 3.96. The molecule has 2 rings (SSSR count). The molecular weight excluding hydrogens is 304 g/mol. The second kappa shape index (κ2) is 6.95. The molecule has 6 nitrogen and oxygen atoms in total. The Labute approximate surface area is 129 Å². The number of hydrogen-bond donors (Lipinski definition) is 2. The van der Waals surface area contributed by atoms with Gasteiger partial charge in [-0.2, -0.15) is 13.5 Å². The monoisotopic (exact) mass is 320 g/mol. The number of phenols is 1. The van der Waals surface area contributed by atoms with E-state index in [1.165, 1.54) is 30.5 Å². The maximum Gasteiger partial charge on any atom is 0.276 e. The number of hydrazone groups is 1. The van der Waals surface area contributed by atoms with Gasteiger partial charge in [0, 0.05) is 0 Å². The standard InChI is InChI=1S/C15H16N2O4S/c1-2-21-14-7-9-15(10-8-14)22(19,20)17-16-11-12-3-5-13(18)6-4-12/h3-11,17-18H,2H2,1H3. The molecular formula is C15H16N2O4S. The third-order valence-electron chi connectivity index (χ3n) is 2.72. The molecule has 0 aromatic heterocycles. The number of nitrogens with one attached hydrogen (secondary N) is 1. The van der Waals surface area contributed by atoms with Crippen molar-refractivity contribution in [3.8, 4) is 11.5 Å². The van der Waals surface area contributed by atoms with Gasteiger partial charge in [0.05, 0.1) is 17.7 Å². The van der Waals surface area contributed by atoms with Crippen LogP contribution in [0.4, 0.5) is 0 Å². The van der Waals surface area contributed by atoms with Crippen LogP contribution in [0, 0.1) is 0 Å².